The first-order valence-electron chi connectivity index (χ1n) is 9.64. The molecule has 0 spiro atoms. The minimum atomic E-state index is -4.15. The van der Waals surface area contributed by atoms with Crippen LogP contribution < -0.4 is 8.37 Å². The van der Waals surface area contributed by atoms with Gasteiger partial charge in [-0.05, 0) is 47.2 Å². The van der Waals surface area contributed by atoms with Crippen LogP contribution in [0.2, 0.25) is 0 Å². The van der Waals surface area contributed by atoms with Crippen LogP contribution >= 0.6 is 11.3 Å². The summed E-state index contributed by atoms with van der Waals surface area (Å²) in [6.45, 7) is 8.02. The van der Waals surface area contributed by atoms with E-state index in [1.54, 1.807) is 24.3 Å². The highest BCUT2D eigenvalue weighted by atomic mass is 32.2. The van der Waals surface area contributed by atoms with Gasteiger partial charge in [0.1, 0.15) is 9.79 Å². The Hall–Kier alpha value is -2.36. The molecule has 0 bridgehead atoms. The topological polar surface area (TPSA) is 86.7 Å². The van der Waals surface area contributed by atoms with Crippen molar-refractivity contribution in [1.82, 2.24) is 0 Å². The molecule has 166 valence electrons. The number of rotatable bonds is 8. The van der Waals surface area contributed by atoms with Crippen LogP contribution in [-0.2, 0) is 20.2 Å². The zero-order chi connectivity index (χ0) is 22.8. The van der Waals surface area contributed by atoms with Crippen LogP contribution in [0.3, 0.4) is 0 Å². The number of hydrogen-bond acceptors (Lipinski definition) is 7. The molecule has 0 fully saturated rings. The summed E-state index contributed by atoms with van der Waals surface area (Å²) in [5.41, 5.74) is 1.99. The fourth-order valence-corrected chi connectivity index (χ4v) is 5.40. The summed E-state index contributed by atoms with van der Waals surface area (Å²) >= 11 is 1.07. The van der Waals surface area contributed by atoms with Crippen molar-refractivity contribution in [1.29, 1.82) is 0 Å². The number of benzene rings is 2. The number of hydrogen-bond donors (Lipinski definition) is 0. The van der Waals surface area contributed by atoms with Crippen LogP contribution in [0.5, 0.6) is 11.5 Å². The molecule has 3 aromatic rings. The maximum Gasteiger partial charge on any atom is 0.339 e. The predicted octanol–water partition coefficient (Wildman–Crippen LogP) is 5.53. The molecule has 0 saturated carbocycles. The van der Waals surface area contributed by atoms with E-state index in [1.165, 1.54) is 35.0 Å². The van der Waals surface area contributed by atoms with E-state index in [0.717, 1.165) is 22.5 Å². The summed E-state index contributed by atoms with van der Waals surface area (Å²) in [5, 5.41) is 2.76. The summed E-state index contributed by atoms with van der Waals surface area (Å²) in [4.78, 5) is -0.0534. The monoisotopic (exact) mass is 480 g/mol. The second-order valence-electron chi connectivity index (χ2n) is 7.62. The van der Waals surface area contributed by atoms with Crippen LogP contribution in [0.1, 0.15) is 50.7 Å². The maximum absolute atomic E-state index is 12.6. The molecule has 0 unspecified atom stereocenters. The highest BCUT2D eigenvalue weighted by Crippen LogP contribution is 2.36. The fraction of sp³-hybridized carbons (Fsp3) is 0.273. The van der Waals surface area contributed by atoms with Gasteiger partial charge in [0.25, 0.3) is 0 Å². The lowest BCUT2D eigenvalue weighted by Crippen LogP contribution is -2.13. The molecule has 9 heteroatoms. The molecular formula is C22H24O6S3. The van der Waals surface area contributed by atoms with E-state index < -0.39 is 20.2 Å². The van der Waals surface area contributed by atoms with Crippen molar-refractivity contribution in [3.05, 3.63) is 70.4 Å². The molecule has 1 heterocycles. The zero-order valence-corrected chi connectivity index (χ0v) is 20.1. The van der Waals surface area contributed by atoms with Crippen molar-refractivity contribution < 1.29 is 25.2 Å². The van der Waals surface area contributed by atoms with Gasteiger partial charge < -0.3 is 8.37 Å². The van der Waals surface area contributed by atoms with Crippen molar-refractivity contribution in [3.8, 4) is 11.5 Å². The van der Waals surface area contributed by atoms with Gasteiger partial charge in [0, 0.05) is 10.8 Å². The van der Waals surface area contributed by atoms with Crippen molar-refractivity contribution in [2.24, 2.45) is 0 Å². The quantitative estimate of drug-likeness (QED) is 0.394. The van der Waals surface area contributed by atoms with Gasteiger partial charge in [0.15, 0.2) is 11.5 Å². The Morgan fingerprint density at radius 3 is 1.23 bits per heavy atom. The third kappa shape index (κ3) is 5.47. The van der Waals surface area contributed by atoms with Gasteiger partial charge >= 0.3 is 20.2 Å². The van der Waals surface area contributed by atoms with Crippen molar-refractivity contribution >= 4 is 31.6 Å². The van der Waals surface area contributed by atoms with Gasteiger partial charge in [-0.1, -0.05) is 52.0 Å². The lowest BCUT2D eigenvalue weighted by Gasteiger charge is -2.11. The van der Waals surface area contributed by atoms with Gasteiger partial charge in [0.05, 0.1) is 0 Å². The molecule has 6 nitrogen and oxygen atoms in total. The van der Waals surface area contributed by atoms with Crippen molar-refractivity contribution in [2.45, 2.75) is 49.3 Å². The molecule has 31 heavy (non-hydrogen) atoms. The Labute approximate surface area is 187 Å². The second kappa shape index (κ2) is 9.02. The fourth-order valence-electron chi connectivity index (χ4n) is 2.77. The Kier molecular flexibility index (Phi) is 6.78. The van der Waals surface area contributed by atoms with Gasteiger partial charge in [-0.2, -0.15) is 16.8 Å². The SMILES string of the molecule is CC(C)c1ccc(S(=O)(=O)Oc2cscc2OS(=O)(=O)c2ccc(C(C)C)cc2)cc1. The predicted molar refractivity (Wildman–Crippen MR) is 121 cm³/mol. The van der Waals surface area contributed by atoms with Crippen LogP contribution in [0.25, 0.3) is 0 Å². The van der Waals surface area contributed by atoms with E-state index in [-0.39, 0.29) is 33.1 Å². The number of thiophene rings is 1. The lowest BCUT2D eigenvalue weighted by molar-refractivity contribution is 0.451. The van der Waals surface area contributed by atoms with Crippen molar-refractivity contribution in [3.63, 3.8) is 0 Å². The molecule has 0 aliphatic rings. The molecule has 0 aliphatic carbocycles. The minimum absolute atomic E-state index is 0.0267. The normalized spacial score (nSPS) is 12.3. The summed E-state index contributed by atoms with van der Waals surface area (Å²) < 4.78 is 61.0. The van der Waals surface area contributed by atoms with Gasteiger partial charge in [-0.15, -0.1) is 11.3 Å². The Bertz CT molecular complexity index is 1140. The van der Waals surface area contributed by atoms with E-state index in [0.29, 0.717) is 0 Å². The summed E-state index contributed by atoms with van der Waals surface area (Å²) in [6.07, 6.45) is 0. The Balaban J connectivity index is 1.81. The lowest BCUT2D eigenvalue weighted by atomic mass is 10.0. The average Bonchev–Trinajstić information content (AvgIpc) is 3.13. The van der Waals surface area contributed by atoms with E-state index in [2.05, 4.69) is 0 Å². The molecule has 0 radical (unpaired) electrons. The molecule has 1 aromatic heterocycles. The highest BCUT2D eigenvalue weighted by Gasteiger charge is 2.24. The molecule has 0 aliphatic heterocycles. The molecule has 0 N–H and O–H groups in total. The summed E-state index contributed by atoms with van der Waals surface area (Å²) in [5.74, 6) is 0.157. The van der Waals surface area contributed by atoms with E-state index in [4.69, 9.17) is 8.37 Å². The molecule has 0 saturated heterocycles. The van der Waals surface area contributed by atoms with Gasteiger partial charge in [-0.25, -0.2) is 0 Å². The first kappa shape index (κ1) is 23.3. The van der Waals surface area contributed by atoms with Crippen LogP contribution in [-0.4, -0.2) is 16.8 Å². The van der Waals surface area contributed by atoms with Gasteiger partial charge in [0.2, 0.25) is 0 Å². The third-order valence-corrected chi connectivity index (χ3v) is 7.86. The molecule has 0 amide bonds. The van der Waals surface area contributed by atoms with E-state index >= 15 is 0 Å². The summed E-state index contributed by atoms with van der Waals surface area (Å²) in [7, 11) is -8.30. The highest BCUT2D eigenvalue weighted by molar-refractivity contribution is 7.87. The van der Waals surface area contributed by atoms with Crippen LogP contribution in [0, 0.1) is 0 Å². The molecular weight excluding hydrogens is 456 g/mol. The van der Waals surface area contributed by atoms with E-state index in [1.807, 2.05) is 27.7 Å². The third-order valence-electron chi connectivity index (χ3n) is 4.66. The van der Waals surface area contributed by atoms with Gasteiger partial charge in [-0.3, -0.25) is 0 Å². The van der Waals surface area contributed by atoms with Crippen LogP contribution in [0.15, 0.2) is 69.1 Å². The molecule has 3 rings (SSSR count). The van der Waals surface area contributed by atoms with E-state index in [9.17, 15) is 16.8 Å². The average molecular weight is 481 g/mol. The smallest absolute Gasteiger partial charge is 0.339 e. The Morgan fingerprint density at radius 2 is 0.935 bits per heavy atom. The van der Waals surface area contributed by atoms with Crippen LogP contribution in [0.4, 0.5) is 0 Å². The first-order valence-corrected chi connectivity index (χ1v) is 13.4. The maximum atomic E-state index is 12.6. The molecule has 0 atom stereocenters. The second-order valence-corrected chi connectivity index (χ2v) is 11.5. The summed E-state index contributed by atoms with van der Waals surface area (Å²) in [6, 6.07) is 12.7. The first-order chi connectivity index (χ1) is 14.5. The molecule has 2 aromatic carbocycles. The zero-order valence-electron chi connectivity index (χ0n) is 17.6. The largest absolute Gasteiger partial charge is 0.374 e. The van der Waals surface area contributed by atoms with Crippen molar-refractivity contribution in [2.75, 3.05) is 0 Å². The Morgan fingerprint density at radius 1 is 0.613 bits per heavy atom. The standard InChI is InChI=1S/C22H24O6S3/c1-15(2)17-5-9-19(10-6-17)30(23,24)27-21-13-29-14-22(21)28-31(25,26)20-11-7-18(8-12-20)16(3)4/h5-16H,1-4H3. The minimum Gasteiger partial charge on any atom is -0.374 e.